The second-order valence-electron chi connectivity index (χ2n) is 5.96. The van der Waals surface area contributed by atoms with E-state index in [-0.39, 0.29) is 11.7 Å². The Balaban J connectivity index is 2.44. The Hall–Kier alpha value is -1.35. The number of ketones is 1. The van der Waals surface area contributed by atoms with E-state index in [1.54, 1.807) is 0 Å². The van der Waals surface area contributed by atoms with E-state index >= 15 is 0 Å². The Kier molecular flexibility index (Phi) is 8.06. The van der Waals surface area contributed by atoms with E-state index in [9.17, 15) is 4.79 Å². The number of hydrogen-bond acceptors (Lipinski definition) is 3. The zero-order chi connectivity index (χ0) is 15.7. The molecule has 1 unspecified atom stereocenters. The Bertz CT molecular complexity index is 412. The van der Waals surface area contributed by atoms with E-state index < -0.39 is 0 Å². The number of benzene rings is 1. The lowest BCUT2D eigenvalue weighted by molar-refractivity contribution is 0.0910. The first-order valence-electron chi connectivity index (χ1n) is 7.96. The van der Waals surface area contributed by atoms with Crippen LogP contribution in [0.25, 0.3) is 0 Å². The van der Waals surface area contributed by atoms with Crippen molar-refractivity contribution in [2.24, 2.45) is 5.92 Å². The normalized spacial score (nSPS) is 12.4. The van der Waals surface area contributed by atoms with Crippen molar-refractivity contribution < 1.29 is 9.53 Å². The summed E-state index contributed by atoms with van der Waals surface area (Å²) in [6, 6.07) is 7.54. The zero-order valence-electron chi connectivity index (χ0n) is 13.9. The number of unbranched alkanes of at least 4 members (excludes halogenated alkanes) is 3. The van der Waals surface area contributed by atoms with Gasteiger partial charge in [0.25, 0.3) is 0 Å². The highest BCUT2D eigenvalue weighted by Crippen LogP contribution is 2.16. The maximum atomic E-state index is 12.3. The highest BCUT2D eigenvalue weighted by molar-refractivity contribution is 5.97. The molecule has 0 saturated heterocycles. The number of nitrogens with zero attached hydrogens (tertiary/aromatic N) is 1. The Labute approximate surface area is 129 Å². The van der Waals surface area contributed by atoms with Gasteiger partial charge < -0.3 is 9.64 Å². The summed E-state index contributed by atoms with van der Waals surface area (Å²) in [6.07, 6.45) is 4.81. The van der Waals surface area contributed by atoms with Crippen LogP contribution in [0, 0.1) is 5.92 Å². The molecule has 3 heteroatoms. The van der Waals surface area contributed by atoms with Crippen LogP contribution < -0.4 is 4.74 Å². The number of hydrogen-bond donors (Lipinski definition) is 0. The smallest absolute Gasteiger partial charge is 0.166 e. The van der Waals surface area contributed by atoms with Crippen molar-refractivity contribution in [2.45, 2.75) is 39.5 Å². The van der Waals surface area contributed by atoms with Crippen LogP contribution in [-0.4, -0.2) is 37.9 Å². The molecule has 21 heavy (non-hydrogen) atoms. The van der Waals surface area contributed by atoms with Crippen LogP contribution in [0.15, 0.2) is 24.3 Å². The van der Waals surface area contributed by atoms with Crippen LogP contribution in [-0.2, 0) is 0 Å². The van der Waals surface area contributed by atoms with Crippen molar-refractivity contribution in [3.8, 4) is 5.75 Å². The predicted octanol–water partition coefficient (Wildman–Crippen LogP) is 4.03. The summed E-state index contributed by atoms with van der Waals surface area (Å²) in [5, 5.41) is 0. The molecular formula is C18H29NO2. The monoisotopic (exact) mass is 291 g/mol. The van der Waals surface area contributed by atoms with Gasteiger partial charge in [0.15, 0.2) is 5.78 Å². The fourth-order valence-electron chi connectivity index (χ4n) is 2.35. The fourth-order valence-corrected chi connectivity index (χ4v) is 2.35. The van der Waals surface area contributed by atoms with Crippen molar-refractivity contribution in [1.82, 2.24) is 4.90 Å². The lowest BCUT2D eigenvalue weighted by atomic mass is 9.99. The van der Waals surface area contributed by atoms with Gasteiger partial charge in [0.05, 0.1) is 6.61 Å². The van der Waals surface area contributed by atoms with Gasteiger partial charge >= 0.3 is 0 Å². The van der Waals surface area contributed by atoms with Gasteiger partial charge in [-0.25, -0.2) is 0 Å². The molecule has 1 rings (SSSR count). The van der Waals surface area contributed by atoms with Crippen LogP contribution in [0.1, 0.15) is 49.9 Å². The van der Waals surface area contributed by atoms with Gasteiger partial charge in [-0.15, -0.1) is 0 Å². The molecule has 0 heterocycles. The molecule has 0 aliphatic heterocycles. The summed E-state index contributed by atoms with van der Waals surface area (Å²) in [6.45, 7) is 5.70. The van der Waals surface area contributed by atoms with Gasteiger partial charge in [-0.05, 0) is 44.8 Å². The molecule has 3 nitrogen and oxygen atoms in total. The Morgan fingerprint density at radius 1 is 1.14 bits per heavy atom. The average Bonchev–Trinajstić information content (AvgIpc) is 2.46. The molecule has 0 aliphatic rings. The van der Waals surface area contributed by atoms with Crippen molar-refractivity contribution in [3.05, 3.63) is 29.8 Å². The minimum Gasteiger partial charge on any atom is -0.494 e. The summed E-state index contributed by atoms with van der Waals surface area (Å²) < 4.78 is 5.69. The fraction of sp³-hybridized carbons (Fsp3) is 0.611. The molecule has 0 aromatic heterocycles. The van der Waals surface area contributed by atoms with E-state index in [1.807, 2.05) is 50.2 Å². The lowest BCUT2D eigenvalue weighted by Crippen LogP contribution is -2.25. The summed E-state index contributed by atoms with van der Waals surface area (Å²) in [7, 11) is 3.97. The molecule has 0 saturated carbocycles. The molecule has 1 aromatic rings. The number of Topliss-reactive ketones (excluding diaryl/α,β-unsaturated/α-hetero) is 1. The standard InChI is InChI=1S/C18H29NO2/c1-5-6-7-8-13-21-17-11-9-16(10-12-17)18(20)15(2)14-19(3)4/h9-12,15H,5-8,13-14H2,1-4H3. The summed E-state index contributed by atoms with van der Waals surface area (Å²) in [5.74, 6) is 1.06. The van der Waals surface area contributed by atoms with Crippen LogP contribution in [0.4, 0.5) is 0 Å². The van der Waals surface area contributed by atoms with E-state index in [0.717, 1.165) is 30.9 Å². The summed E-state index contributed by atoms with van der Waals surface area (Å²) >= 11 is 0. The third kappa shape index (κ3) is 6.76. The second-order valence-corrected chi connectivity index (χ2v) is 5.96. The number of carbonyl (C=O) groups excluding carboxylic acids is 1. The minimum atomic E-state index is 0.0146. The molecular weight excluding hydrogens is 262 g/mol. The molecule has 0 radical (unpaired) electrons. The molecule has 1 atom stereocenters. The molecule has 0 spiro atoms. The molecule has 0 aliphatic carbocycles. The third-order valence-electron chi connectivity index (χ3n) is 3.49. The van der Waals surface area contributed by atoms with E-state index in [1.165, 1.54) is 19.3 Å². The SMILES string of the molecule is CCCCCCOc1ccc(C(=O)C(C)CN(C)C)cc1. The Morgan fingerprint density at radius 3 is 2.38 bits per heavy atom. The highest BCUT2D eigenvalue weighted by Gasteiger charge is 2.15. The van der Waals surface area contributed by atoms with Crippen LogP contribution in [0.2, 0.25) is 0 Å². The van der Waals surface area contributed by atoms with Crippen molar-refractivity contribution >= 4 is 5.78 Å². The number of ether oxygens (including phenoxy) is 1. The molecule has 0 bridgehead atoms. The highest BCUT2D eigenvalue weighted by atomic mass is 16.5. The zero-order valence-corrected chi connectivity index (χ0v) is 13.9. The Morgan fingerprint density at radius 2 is 1.81 bits per heavy atom. The molecule has 118 valence electrons. The maximum absolute atomic E-state index is 12.3. The lowest BCUT2D eigenvalue weighted by Gasteiger charge is -2.16. The number of rotatable bonds is 10. The molecule has 0 amide bonds. The quantitative estimate of drug-likeness (QED) is 0.481. The second kappa shape index (κ2) is 9.56. The van der Waals surface area contributed by atoms with Crippen LogP contribution in [0.5, 0.6) is 5.75 Å². The first-order chi connectivity index (χ1) is 10.0. The largest absolute Gasteiger partial charge is 0.494 e. The number of carbonyl (C=O) groups is 1. The first-order valence-corrected chi connectivity index (χ1v) is 7.96. The summed E-state index contributed by atoms with van der Waals surface area (Å²) in [4.78, 5) is 14.3. The first kappa shape index (κ1) is 17.7. The average molecular weight is 291 g/mol. The van der Waals surface area contributed by atoms with Crippen molar-refractivity contribution in [3.63, 3.8) is 0 Å². The maximum Gasteiger partial charge on any atom is 0.166 e. The van der Waals surface area contributed by atoms with Gasteiger partial charge in [-0.2, -0.15) is 0 Å². The summed E-state index contributed by atoms with van der Waals surface area (Å²) in [5.41, 5.74) is 0.766. The van der Waals surface area contributed by atoms with Crippen molar-refractivity contribution in [1.29, 1.82) is 0 Å². The van der Waals surface area contributed by atoms with Crippen LogP contribution >= 0.6 is 0 Å². The van der Waals surface area contributed by atoms with Gasteiger partial charge in [0.1, 0.15) is 5.75 Å². The van der Waals surface area contributed by atoms with Crippen molar-refractivity contribution in [2.75, 3.05) is 27.2 Å². The molecule has 0 N–H and O–H groups in total. The molecule has 0 fully saturated rings. The van der Waals surface area contributed by atoms with Gasteiger partial charge in [0.2, 0.25) is 0 Å². The van der Waals surface area contributed by atoms with Gasteiger partial charge in [0, 0.05) is 18.0 Å². The van der Waals surface area contributed by atoms with Gasteiger partial charge in [-0.1, -0.05) is 33.1 Å². The topological polar surface area (TPSA) is 29.5 Å². The van der Waals surface area contributed by atoms with E-state index in [0.29, 0.717) is 0 Å². The van der Waals surface area contributed by atoms with Gasteiger partial charge in [-0.3, -0.25) is 4.79 Å². The van der Waals surface area contributed by atoms with E-state index in [2.05, 4.69) is 6.92 Å². The predicted molar refractivity (Wildman–Crippen MR) is 88.1 cm³/mol. The van der Waals surface area contributed by atoms with E-state index in [4.69, 9.17) is 4.74 Å². The minimum absolute atomic E-state index is 0.0146. The molecule has 1 aromatic carbocycles. The van der Waals surface area contributed by atoms with Crippen LogP contribution in [0.3, 0.4) is 0 Å². The third-order valence-corrected chi connectivity index (χ3v) is 3.49.